The molecule has 0 heterocycles. The molecule has 0 aromatic heterocycles. The molecule has 1 aromatic carbocycles. The molecule has 1 nitrogen and oxygen atoms in total. The summed E-state index contributed by atoms with van der Waals surface area (Å²) in [5, 5.41) is 0. The smallest absolute Gasteiger partial charge is 0.390 e. The Kier molecular flexibility index (Phi) is 4.65. The molecule has 0 aliphatic rings. The molecule has 5 heteroatoms. The largest absolute Gasteiger partial charge is 0.494 e. The molecule has 0 N–H and O–H groups in total. The molecule has 0 saturated heterocycles. The zero-order chi connectivity index (χ0) is 12.2. The van der Waals surface area contributed by atoms with Crippen LogP contribution in [-0.2, 0) is 0 Å². The second kappa shape index (κ2) is 5.57. The minimum absolute atomic E-state index is 0.541. The first-order chi connectivity index (χ1) is 7.42. The van der Waals surface area contributed by atoms with Gasteiger partial charge in [0.25, 0.3) is 0 Å². The monoisotopic (exact) mass is 296 g/mol. The van der Waals surface area contributed by atoms with Crippen molar-refractivity contribution >= 4 is 15.9 Å². The number of alkyl halides is 4. The van der Waals surface area contributed by atoms with Gasteiger partial charge in [0.2, 0.25) is 0 Å². The fraction of sp³-hybridized carbons (Fsp3) is 0.455. The molecule has 90 valence electrons. The zero-order valence-electron chi connectivity index (χ0n) is 8.72. The molecule has 0 amide bonds. The van der Waals surface area contributed by atoms with Gasteiger partial charge < -0.3 is 4.74 Å². The van der Waals surface area contributed by atoms with Gasteiger partial charge in [-0.3, -0.25) is 0 Å². The second-order valence-electron chi connectivity index (χ2n) is 3.29. The molecular weight excluding hydrogens is 285 g/mol. The van der Waals surface area contributed by atoms with Crippen LogP contribution in [0, 0.1) is 0 Å². The van der Waals surface area contributed by atoms with Gasteiger partial charge in [0.1, 0.15) is 5.75 Å². The summed E-state index contributed by atoms with van der Waals surface area (Å²) in [5.74, 6) is 0.665. The number of rotatable bonds is 4. The Bertz CT molecular complexity index is 321. The summed E-state index contributed by atoms with van der Waals surface area (Å²) in [4.78, 5) is -0.705. The number of benzene rings is 1. The first-order valence-electron chi connectivity index (χ1n) is 4.86. The fourth-order valence-corrected chi connectivity index (χ4v) is 1.93. The molecule has 1 unspecified atom stereocenters. The van der Waals surface area contributed by atoms with Crippen molar-refractivity contribution in [3.63, 3.8) is 0 Å². The minimum atomic E-state index is -4.16. The van der Waals surface area contributed by atoms with Crippen molar-refractivity contribution in [1.82, 2.24) is 0 Å². The van der Waals surface area contributed by atoms with E-state index in [1.807, 2.05) is 6.92 Å². The fourth-order valence-electron chi connectivity index (χ4n) is 1.26. The Morgan fingerprint density at radius 3 is 2.25 bits per heavy atom. The van der Waals surface area contributed by atoms with Crippen molar-refractivity contribution in [3.05, 3.63) is 29.8 Å². The molecule has 0 aliphatic carbocycles. The highest BCUT2D eigenvalue weighted by atomic mass is 79.9. The van der Waals surface area contributed by atoms with Gasteiger partial charge in [0.15, 0.2) is 0 Å². The quantitative estimate of drug-likeness (QED) is 0.745. The van der Waals surface area contributed by atoms with Crippen LogP contribution >= 0.6 is 15.9 Å². The lowest BCUT2D eigenvalue weighted by molar-refractivity contribution is -0.134. The van der Waals surface area contributed by atoms with Crippen LogP contribution in [0.1, 0.15) is 23.7 Å². The maximum absolute atomic E-state index is 12.1. The van der Waals surface area contributed by atoms with Gasteiger partial charge in [-0.2, -0.15) is 13.2 Å². The third-order valence-electron chi connectivity index (χ3n) is 1.96. The molecular formula is C11H12BrF3O. The van der Waals surface area contributed by atoms with Crippen molar-refractivity contribution in [2.75, 3.05) is 6.61 Å². The topological polar surface area (TPSA) is 9.23 Å². The van der Waals surface area contributed by atoms with E-state index in [1.54, 1.807) is 24.3 Å². The van der Waals surface area contributed by atoms with Gasteiger partial charge in [0.05, 0.1) is 13.0 Å². The Morgan fingerprint density at radius 2 is 1.81 bits per heavy atom. The number of halogens is 4. The van der Waals surface area contributed by atoms with E-state index in [1.165, 1.54) is 0 Å². The Morgan fingerprint density at radius 1 is 1.25 bits per heavy atom. The summed E-state index contributed by atoms with van der Waals surface area (Å²) >= 11 is 3.02. The predicted molar refractivity (Wildman–Crippen MR) is 60.0 cm³/mol. The Balaban J connectivity index is 2.66. The predicted octanol–water partition coefficient (Wildman–Crippen LogP) is 4.47. The zero-order valence-corrected chi connectivity index (χ0v) is 10.3. The highest BCUT2D eigenvalue weighted by Crippen LogP contribution is 2.35. The molecule has 0 spiro atoms. The highest BCUT2D eigenvalue weighted by Gasteiger charge is 2.31. The summed E-state index contributed by atoms with van der Waals surface area (Å²) in [7, 11) is 0. The number of hydrogen-bond donors (Lipinski definition) is 0. The normalized spacial score (nSPS) is 13.6. The van der Waals surface area contributed by atoms with Crippen molar-refractivity contribution in [3.8, 4) is 5.75 Å². The van der Waals surface area contributed by atoms with Crippen LogP contribution in [0.25, 0.3) is 0 Å². The van der Waals surface area contributed by atoms with Crippen LogP contribution in [0.15, 0.2) is 24.3 Å². The summed E-state index contributed by atoms with van der Waals surface area (Å²) in [6, 6.07) is 6.61. The van der Waals surface area contributed by atoms with Crippen LogP contribution in [0.2, 0.25) is 0 Å². The van der Waals surface area contributed by atoms with E-state index in [-0.39, 0.29) is 0 Å². The molecule has 0 radical (unpaired) electrons. The number of hydrogen-bond acceptors (Lipinski definition) is 1. The summed E-state index contributed by atoms with van der Waals surface area (Å²) in [6.45, 7) is 2.39. The van der Waals surface area contributed by atoms with Crippen LogP contribution in [-0.4, -0.2) is 12.8 Å². The van der Waals surface area contributed by atoms with Gasteiger partial charge >= 0.3 is 6.18 Å². The van der Waals surface area contributed by atoms with E-state index < -0.39 is 17.4 Å². The summed E-state index contributed by atoms with van der Waals surface area (Å²) in [5.41, 5.74) is 0.598. The summed E-state index contributed by atoms with van der Waals surface area (Å²) in [6.07, 6.45) is -5.03. The van der Waals surface area contributed by atoms with E-state index in [0.717, 1.165) is 0 Å². The molecule has 1 rings (SSSR count). The molecule has 0 fully saturated rings. The van der Waals surface area contributed by atoms with E-state index in [9.17, 15) is 13.2 Å². The molecule has 1 aromatic rings. The first-order valence-corrected chi connectivity index (χ1v) is 5.77. The van der Waals surface area contributed by atoms with Gasteiger partial charge in [-0.15, -0.1) is 0 Å². The van der Waals surface area contributed by atoms with Crippen LogP contribution in [0.4, 0.5) is 13.2 Å². The molecule has 16 heavy (non-hydrogen) atoms. The SMILES string of the molecule is CCOc1ccc(C(Br)CC(F)(F)F)cc1. The van der Waals surface area contributed by atoms with Gasteiger partial charge in [-0.25, -0.2) is 0 Å². The Labute approximate surface area is 101 Å². The van der Waals surface area contributed by atoms with E-state index in [0.29, 0.717) is 17.9 Å². The minimum Gasteiger partial charge on any atom is -0.494 e. The second-order valence-corrected chi connectivity index (χ2v) is 4.39. The molecule has 0 saturated carbocycles. The third-order valence-corrected chi connectivity index (χ3v) is 2.82. The molecule has 0 aliphatic heterocycles. The van der Waals surface area contributed by atoms with Gasteiger partial charge in [-0.1, -0.05) is 28.1 Å². The average Bonchev–Trinajstić information content (AvgIpc) is 2.16. The molecule has 0 bridgehead atoms. The lowest BCUT2D eigenvalue weighted by atomic mass is 10.1. The lowest BCUT2D eigenvalue weighted by Crippen LogP contribution is -2.10. The van der Waals surface area contributed by atoms with E-state index >= 15 is 0 Å². The standard InChI is InChI=1S/C11H12BrF3O/c1-2-16-9-5-3-8(4-6-9)10(12)7-11(13,14)15/h3-6,10H,2,7H2,1H3. The number of ether oxygens (including phenoxy) is 1. The lowest BCUT2D eigenvalue weighted by Gasteiger charge is -2.13. The first kappa shape index (κ1) is 13.4. The van der Waals surface area contributed by atoms with Crippen LogP contribution in [0.5, 0.6) is 5.75 Å². The van der Waals surface area contributed by atoms with Gasteiger partial charge in [0, 0.05) is 4.83 Å². The average molecular weight is 297 g/mol. The van der Waals surface area contributed by atoms with Crippen molar-refractivity contribution in [2.24, 2.45) is 0 Å². The Hall–Kier alpha value is -0.710. The van der Waals surface area contributed by atoms with Crippen LogP contribution < -0.4 is 4.74 Å². The van der Waals surface area contributed by atoms with Crippen molar-refractivity contribution in [2.45, 2.75) is 24.3 Å². The maximum atomic E-state index is 12.1. The van der Waals surface area contributed by atoms with Crippen LogP contribution in [0.3, 0.4) is 0 Å². The maximum Gasteiger partial charge on any atom is 0.390 e. The molecule has 1 atom stereocenters. The highest BCUT2D eigenvalue weighted by molar-refractivity contribution is 9.09. The van der Waals surface area contributed by atoms with E-state index in [2.05, 4.69) is 15.9 Å². The van der Waals surface area contributed by atoms with Gasteiger partial charge in [-0.05, 0) is 24.6 Å². The van der Waals surface area contributed by atoms with E-state index in [4.69, 9.17) is 4.74 Å². The van der Waals surface area contributed by atoms with Crippen molar-refractivity contribution in [1.29, 1.82) is 0 Å². The summed E-state index contributed by atoms with van der Waals surface area (Å²) < 4.78 is 41.6. The third kappa shape index (κ3) is 4.43. The van der Waals surface area contributed by atoms with Crippen molar-refractivity contribution < 1.29 is 17.9 Å².